The van der Waals surface area contributed by atoms with Crippen LogP contribution in [0.15, 0.2) is 0 Å². The highest BCUT2D eigenvalue weighted by molar-refractivity contribution is 4.78. The summed E-state index contributed by atoms with van der Waals surface area (Å²) in [6.45, 7) is 5.22. The van der Waals surface area contributed by atoms with Crippen molar-refractivity contribution in [1.29, 1.82) is 0 Å². The van der Waals surface area contributed by atoms with Crippen LogP contribution in [-0.2, 0) is 0 Å². The number of unbranched alkanes of at least 4 members (excludes halogenated alkanes) is 6. The summed E-state index contributed by atoms with van der Waals surface area (Å²) < 4.78 is 0. The van der Waals surface area contributed by atoms with Crippen LogP contribution in [0.1, 0.15) is 90.9 Å². The van der Waals surface area contributed by atoms with Gasteiger partial charge in [0.15, 0.2) is 0 Å². The molecule has 0 aromatic carbocycles. The second-order valence-electron chi connectivity index (χ2n) is 5.74. The van der Waals surface area contributed by atoms with Crippen LogP contribution in [0.3, 0.4) is 0 Å². The third kappa shape index (κ3) is 9.90. The minimum Gasteiger partial charge on any atom is -0.390 e. The van der Waals surface area contributed by atoms with E-state index in [1.165, 1.54) is 38.5 Å². The van der Waals surface area contributed by atoms with Crippen molar-refractivity contribution in [3.63, 3.8) is 0 Å². The van der Waals surface area contributed by atoms with E-state index in [1.54, 1.807) is 0 Å². The van der Waals surface area contributed by atoms with E-state index >= 15 is 0 Å². The van der Waals surface area contributed by atoms with Crippen LogP contribution in [0.5, 0.6) is 0 Å². The molecule has 110 valence electrons. The third-order valence-electron chi connectivity index (χ3n) is 3.84. The second-order valence-corrected chi connectivity index (χ2v) is 5.74. The first kappa shape index (κ1) is 17.9. The summed E-state index contributed by atoms with van der Waals surface area (Å²) in [7, 11) is 0. The zero-order valence-electron chi connectivity index (χ0n) is 12.7. The Morgan fingerprint density at radius 1 is 0.722 bits per heavy atom. The molecule has 0 fully saturated rings. The third-order valence-corrected chi connectivity index (χ3v) is 3.84. The van der Waals surface area contributed by atoms with Crippen LogP contribution in [0.4, 0.5) is 0 Å². The molecule has 0 amide bonds. The number of rotatable bonds is 13. The van der Waals surface area contributed by atoms with Crippen molar-refractivity contribution < 1.29 is 5.11 Å². The van der Waals surface area contributed by atoms with E-state index in [1.807, 2.05) is 0 Å². The monoisotopic (exact) mass is 257 g/mol. The lowest BCUT2D eigenvalue weighted by atomic mass is 9.86. The van der Waals surface area contributed by atoms with Gasteiger partial charge in [-0.1, -0.05) is 65.2 Å². The van der Waals surface area contributed by atoms with Crippen molar-refractivity contribution in [3.8, 4) is 0 Å². The summed E-state index contributed by atoms with van der Waals surface area (Å²) in [5, 5.41) is 10.7. The van der Waals surface area contributed by atoms with Gasteiger partial charge in [0.2, 0.25) is 0 Å². The van der Waals surface area contributed by atoms with Crippen LogP contribution in [0.25, 0.3) is 0 Å². The van der Waals surface area contributed by atoms with Crippen LogP contribution < -0.4 is 5.73 Å². The summed E-state index contributed by atoms with van der Waals surface area (Å²) in [5.74, 6) is 0. The molecule has 0 aromatic heterocycles. The van der Waals surface area contributed by atoms with Gasteiger partial charge in [-0.25, -0.2) is 0 Å². The first-order valence-corrected chi connectivity index (χ1v) is 8.11. The SMILES string of the molecule is CCCCC(O)(CCCC)CCCCCCCN. The second kappa shape index (κ2) is 12.0. The van der Waals surface area contributed by atoms with Crippen molar-refractivity contribution in [2.75, 3.05) is 6.54 Å². The van der Waals surface area contributed by atoms with Gasteiger partial charge in [-0.3, -0.25) is 0 Å². The Morgan fingerprint density at radius 3 is 1.67 bits per heavy atom. The number of aliphatic hydroxyl groups is 1. The van der Waals surface area contributed by atoms with E-state index in [4.69, 9.17) is 5.73 Å². The van der Waals surface area contributed by atoms with E-state index < -0.39 is 0 Å². The molecule has 0 bridgehead atoms. The molecule has 0 unspecified atom stereocenters. The molecule has 0 atom stereocenters. The van der Waals surface area contributed by atoms with Gasteiger partial charge in [0.1, 0.15) is 0 Å². The molecule has 0 spiro atoms. The maximum Gasteiger partial charge on any atom is 0.0647 e. The Bertz CT molecular complexity index is 162. The number of hydrogen-bond acceptors (Lipinski definition) is 2. The normalized spacial score (nSPS) is 12.0. The average molecular weight is 257 g/mol. The summed E-state index contributed by atoms with van der Waals surface area (Å²) in [6.07, 6.45) is 13.8. The summed E-state index contributed by atoms with van der Waals surface area (Å²) in [4.78, 5) is 0. The Kier molecular flexibility index (Phi) is 11.9. The summed E-state index contributed by atoms with van der Waals surface area (Å²) in [6, 6.07) is 0. The smallest absolute Gasteiger partial charge is 0.0647 e. The standard InChI is InChI=1S/C16H35NO/c1-3-5-12-16(18,13-6-4-2)14-10-8-7-9-11-15-17/h18H,3-15,17H2,1-2H3. The fraction of sp³-hybridized carbons (Fsp3) is 1.00. The van der Waals surface area contributed by atoms with Crippen LogP contribution >= 0.6 is 0 Å². The molecule has 0 saturated carbocycles. The lowest BCUT2D eigenvalue weighted by molar-refractivity contribution is 0.00788. The van der Waals surface area contributed by atoms with Crippen molar-refractivity contribution >= 4 is 0 Å². The van der Waals surface area contributed by atoms with E-state index in [9.17, 15) is 5.11 Å². The van der Waals surface area contributed by atoms with Gasteiger partial charge in [0.25, 0.3) is 0 Å². The molecule has 0 aliphatic rings. The van der Waals surface area contributed by atoms with Crippen LogP contribution in [0.2, 0.25) is 0 Å². The Morgan fingerprint density at radius 2 is 1.17 bits per heavy atom. The molecule has 18 heavy (non-hydrogen) atoms. The van der Waals surface area contributed by atoms with E-state index in [0.717, 1.165) is 45.1 Å². The average Bonchev–Trinajstić information content (AvgIpc) is 2.38. The van der Waals surface area contributed by atoms with Gasteiger partial charge in [-0.15, -0.1) is 0 Å². The maximum absolute atomic E-state index is 10.7. The lowest BCUT2D eigenvalue weighted by Crippen LogP contribution is -2.28. The quantitative estimate of drug-likeness (QED) is 0.480. The zero-order valence-corrected chi connectivity index (χ0v) is 12.7. The Labute approximate surface area is 114 Å². The molecule has 0 aliphatic carbocycles. The zero-order chi connectivity index (χ0) is 13.7. The molecular weight excluding hydrogens is 222 g/mol. The highest BCUT2D eigenvalue weighted by Crippen LogP contribution is 2.27. The summed E-state index contributed by atoms with van der Waals surface area (Å²) in [5.41, 5.74) is 5.11. The Hall–Kier alpha value is -0.0800. The van der Waals surface area contributed by atoms with Crippen molar-refractivity contribution in [3.05, 3.63) is 0 Å². The minimum absolute atomic E-state index is 0.375. The fourth-order valence-electron chi connectivity index (χ4n) is 2.52. The van der Waals surface area contributed by atoms with E-state index in [0.29, 0.717) is 0 Å². The van der Waals surface area contributed by atoms with Gasteiger partial charge in [0, 0.05) is 0 Å². The molecule has 2 heteroatoms. The molecule has 0 heterocycles. The molecule has 0 aromatic rings. The van der Waals surface area contributed by atoms with Gasteiger partial charge in [-0.2, -0.15) is 0 Å². The topological polar surface area (TPSA) is 46.2 Å². The summed E-state index contributed by atoms with van der Waals surface area (Å²) >= 11 is 0. The van der Waals surface area contributed by atoms with E-state index in [-0.39, 0.29) is 5.60 Å². The predicted octanol–water partition coefficient (Wildman–Crippen LogP) is 4.40. The largest absolute Gasteiger partial charge is 0.390 e. The molecule has 0 aliphatic heterocycles. The van der Waals surface area contributed by atoms with Gasteiger partial charge < -0.3 is 10.8 Å². The molecular formula is C16H35NO. The fourth-order valence-corrected chi connectivity index (χ4v) is 2.52. The van der Waals surface area contributed by atoms with Gasteiger partial charge in [0.05, 0.1) is 5.60 Å². The first-order chi connectivity index (χ1) is 8.68. The van der Waals surface area contributed by atoms with Crippen LogP contribution in [0, 0.1) is 0 Å². The molecule has 0 saturated heterocycles. The first-order valence-electron chi connectivity index (χ1n) is 8.11. The predicted molar refractivity (Wildman–Crippen MR) is 80.8 cm³/mol. The highest BCUT2D eigenvalue weighted by atomic mass is 16.3. The van der Waals surface area contributed by atoms with Gasteiger partial charge in [-0.05, 0) is 32.2 Å². The van der Waals surface area contributed by atoms with Crippen molar-refractivity contribution in [2.45, 2.75) is 96.5 Å². The van der Waals surface area contributed by atoms with Crippen LogP contribution in [-0.4, -0.2) is 17.3 Å². The van der Waals surface area contributed by atoms with Crippen molar-refractivity contribution in [1.82, 2.24) is 0 Å². The lowest BCUT2D eigenvalue weighted by Gasteiger charge is -2.28. The molecule has 3 N–H and O–H groups in total. The maximum atomic E-state index is 10.7. The highest BCUT2D eigenvalue weighted by Gasteiger charge is 2.24. The number of hydrogen-bond donors (Lipinski definition) is 2. The minimum atomic E-state index is -0.375. The van der Waals surface area contributed by atoms with Crippen molar-refractivity contribution in [2.24, 2.45) is 5.73 Å². The molecule has 0 radical (unpaired) electrons. The van der Waals surface area contributed by atoms with Gasteiger partial charge >= 0.3 is 0 Å². The Balaban J connectivity index is 3.77. The number of nitrogens with two attached hydrogens (primary N) is 1. The molecule has 0 rings (SSSR count). The molecule has 2 nitrogen and oxygen atoms in total. The van der Waals surface area contributed by atoms with E-state index in [2.05, 4.69) is 13.8 Å².